The van der Waals surface area contributed by atoms with Crippen LogP contribution in [0.2, 0.25) is 0 Å². The van der Waals surface area contributed by atoms with Gasteiger partial charge in [-0.05, 0) is 31.5 Å². The number of nitrogens with zero attached hydrogens (tertiary/aromatic N) is 2. The molecule has 4 aromatic rings. The smallest absolute Gasteiger partial charge is 0.263 e. The number of thiophene rings is 1. The predicted molar refractivity (Wildman–Crippen MR) is 109 cm³/mol. The van der Waals surface area contributed by atoms with Gasteiger partial charge < -0.3 is 9.73 Å². The Morgan fingerprint density at radius 2 is 2.00 bits per heavy atom. The van der Waals surface area contributed by atoms with Gasteiger partial charge in [-0.3, -0.25) is 14.2 Å². The summed E-state index contributed by atoms with van der Waals surface area (Å²) in [7, 11) is 0. The Bertz CT molecular complexity index is 1190. The Hall–Kier alpha value is -3.19. The van der Waals surface area contributed by atoms with Crippen LogP contribution >= 0.6 is 11.3 Å². The molecule has 0 fully saturated rings. The van der Waals surface area contributed by atoms with Crippen molar-refractivity contribution in [2.24, 2.45) is 0 Å². The zero-order valence-corrected chi connectivity index (χ0v) is 16.4. The number of carbonyl (C=O) groups is 1. The first-order valence-corrected chi connectivity index (χ1v) is 9.69. The number of furan rings is 1. The number of amides is 1. The summed E-state index contributed by atoms with van der Waals surface area (Å²) in [5.41, 5.74) is 2.82. The van der Waals surface area contributed by atoms with Crippen LogP contribution in [0.3, 0.4) is 0 Å². The SMILES string of the molecule is Cc1ccc(-c2c(C)sc3ncn(CC(=O)NCc4ccco4)c(=O)c23)cc1. The molecule has 0 aliphatic rings. The first-order valence-electron chi connectivity index (χ1n) is 8.87. The van der Waals surface area contributed by atoms with Gasteiger partial charge in [-0.2, -0.15) is 0 Å². The molecule has 0 saturated heterocycles. The number of carbonyl (C=O) groups excluding carboxylic acids is 1. The third kappa shape index (κ3) is 3.48. The molecular weight excluding hydrogens is 374 g/mol. The van der Waals surface area contributed by atoms with Gasteiger partial charge in [0.05, 0.1) is 24.5 Å². The van der Waals surface area contributed by atoms with Crippen molar-refractivity contribution < 1.29 is 9.21 Å². The molecule has 0 aliphatic carbocycles. The monoisotopic (exact) mass is 393 g/mol. The second-order valence-electron chi connectivity index (χ2n) is 6.61. The number of hydrogen-bond donors (Lipinski definition) is 1. The van der Waals surface area contributed by atoms with Crippen molar-refractivity contribution >= 4 is 27.5 Å². The number of hydrogen-bond acceptors (Lipinski definition) is 5. The van der Waals surface area contributed by atoms with Gasteiger partial charge in [-0.25, -0.2) is 4.98 Å². The van der Waals surface area contributed by atoms with E-state index in [1.807, 2.05) is 38.1 Å². The van der Waals surface area contributed by atoms with Crippen LogP contribution in [0.5, 0.6) is 0 Å². The topological polar surface area (TPSA) is 77.1 Å². The van der Waals surface area contributed by atoms with Crippen LogP contribution in [0, 0.1) is 13.8 Å². The number of benzene rings is 1. The largest absolute Gasteiger partial charge is 0.467 e. The third-order valence-corrected chi connectivity index (χ3v) is 5.56. The van der Waals surface area contributed by atoms with Crippen LogP contribution in [-0.2, 0) is 17.9 Å². The lowest BCUT2D eigenvalue weighted by Crippen LogP contribution is -2.32. The molecule has 1 amide bonds. The van der Waals surface area contributed by atoms with Crippen molar-refractivity contribution in [2.45, 2.75) is 26.9 Å². The van der Waals surface area contributed by atoms with Crippen LogP contribution in [0.1, 0.15) is 16.2 Å². The van der Waals surface area contributed by atoms with E-state index < -0.39 is 0 Å². The van der Waals surface area contributed by atoms with Crippen molar-refractivity contribution in [1.82, 2.24) is 14.9 Å². The normalized spacial score (nSPS) is 11.1. The first kappa shape index (κ1) is 18.2. The van der Waals surface area contributed by atoms with Gasteiger partial charge in [0.2, 0.25) is 5.91 Å². The molecular formula is C21H19N3O3S. The molecule has 0 spiro atoms. The molecule has 1 aromatic carbocycles. The highest BCUT2D eigenvalue weighted by atomic mass is 32.1. The van der Waals surface area contributed by atoms with Gasteiger partial charge in [0.15, 0.2) is 0 Å². The minimum absolute atomic E-state index is 0.0925. The number of fused-ring (bicyclic) bond motifs is 1. The van der Waals surface area contributed by atoms with Crippen LogP contribution < -0.4 is 10.9 Å². The summed E-state index contributed by atoms with van der Waals surface area (Å²) >= 11 is 1.49. The molecule has 3 heterocycles. The molecule has 0 unspecified atom stereocenters. The van der Waals surface area contributed by atoms with Gasteiger partial charge in [0, 0.05) is 10.4 Å². The summed E-state index contributed by atoms with van der Waals surface area (Å²) in [6, 6.07) is 11.6. The molecule has 0 atom stereocenters. The zero-order valence-electron chi connectivity index (χ0n) is 15.6. The number of nitrogens with one attached hydrogen (secondary N) is 1. The summed E-state index contributed by atoms with van der Waals surface area (Å²) < 4.78 is 6.55. The number of aromatic nitrogens is 2. The third-order valence-electron chi connectivity index (χ3n) is 4.55. The summed E-state index contributed by atoms with van der Waals surface area (Å²) in [5, 5.41) is 3.31. The van der Waals surface area contributed by atoms with Gasteiger partial charge in [-0.15, -0.1) is 11.3 Å². The van der Waals surface area contributed by atoms with Crippen molar-refractivity contribution in [3.05, 3.63) is 75.5 Å². The molecule has 0 saturated carbocycles. The van der Waals surface area contributed by atoms with Gasteiger partial charge >= 0.3 is 0 Å². The van der Waals surface area contributed by atoms with Crippen LogP contribution in [0.25, 0.3) is 21.3 Å². The molecule has 0 radical (unpaired) electrons. The fourth-order valence-electron chi connectivity index (χ4n) is 3.13. The van der Waals surface area contributed by atoms with E-state index in [9.17, 15) is 9.59 Å². The maximum atomic E-state index is 13.1. The zero-order chi connectivity index (χ0) is 19.7. The van der Waals surface area contributed by atoms with Crippen LogP contribution in [0.15, 0.2) is 58.2 Å². The Morgan fingerprint density at radius 3 is 2.71 bits per heavy atom. The highest BCUT2D eigenvalue weighted by molar-refractivity contribution is 7.19. The van der Waals surface area contributed by atoms with Gasteiger partial charge in [0.1, 0.15) is 17.1 Å². The predicted octanol–water partition coefficient (Wildman–Crippen LogP) is 3.65. The lowest BCUT2D eigenvalue weighted by Gasteiger charge is -2.07. The molecule has 0 aliphatic heterocycles. The van der Waals surface area contributed by atoms with Crippen molar-refractivity contribution in [1.29, 1.82) is 0 Å². The Kier molecular flexibility index (Phi) is 4.83. The number of rotatable bonds is 5. The summed E-state index contributed by atoms with van der Waals surface area (Å²) in [6.07, 6.45) is 2.99. The highest BCUT2D eigenvalue weighted by Crippen LogP contribution is 2.35. The van der Waals surface area contributed by atoms with E-state index in [1.165, 1.54) is 22.2 Å². The lowest BCUT2D eigenvalue weighted by molar-refractivity contribution is -0.122. The van der Waals surface area contributed by atoms with E-state index in [1.54, 1.807) is 18.4 Å². The average Bonchev–Trinajstić information content (AvgIpc) is 3.31. The lowest BCUT2D eigenvalue weighted by atomic mass is 10.0. The standard InChI is InChI=1S/C21H19N3O3S/c1-13-5-7-15(8-6-13)18-14(2)28-20-19(18)21(26)24(12-23-20)11-17(25)22-10-16-4-3-9-27-16/h3-9,12H,10-11H2,1-2H3,(H,22,25). The highest BCUT2D eigenvalue weighted by Gasteiger charge is 2.17. The quantitative estimate of drug-likeness (QED) is 0.561. The minimum Gasteiger partial charge on any atom is -0.467 e. The molecule has 7 heteroatoms. The van der Waals surface area contributed by atoms with E-state index >= 15 is 0 Å². The second kappa shape index (κ2) is 7.44. The molecule has 4 rings (SSSR count). The average molecular weight is 393 g/mol. The Labute approximate surface area is 165 Å². The van der Waals surface area contributed by atoms with E-state index in [0.717, 1.165) is 21.6 Å². The fourth-order valence-corrected chi connectivity index (χ4v) is 4.13. The maximum Gasteiger partial charge on any atom is 0.263 e. The number of aryl methyl sites for hydroxylation is 2. The second-order valence-corrected chi connectivity index (χ2v) is 7.82. The van der Waals surface area contributed by atoms with Crippen molar-refractivity contribution in [2.75, 3.05) is 0 Å². The summed E-state index contributed by atoms with van der Waals surface area (Å²) in [5.74, 6) is 0.382. The first-order chi connectivity index (χ1) is 13.5. The molecule has 28 heavy (non-hydrogen) atoms. The van der Waals surface area contributed by atoms with Crippen molar-refractivity contribution in [3.63, 3.8) is 0 Å². The van der Waals surface area contributed by atoms with Crippen molar-refractivity contribution in [3.8, 4) is 11.1 Å². The Balaban J connectivity index is 1.66. The van der Waals surface area contributed by atoms with E-state index in [2.05, 4.69) is 10.3 Å². The van der Waals surface area contributed by atoms with E-state index in [4.69, 9.17) is 4.42 Å². The summed E-state index contributed by atoms with van der Waals surface area (Å²) in [4.78, 5) is 31.5. The molecule has 142 valence electrons. The molecule has 6 nitrogen and oxygen atoms in total. The fraction of sp³-hybridized carbons (Fsp3) is 0.190. The maximum absolute atomic E-state index is 13.1. The summed E-state index contributed by atoms with van der Waals surface area (Å²) in [6.45, 7) is 4.20. The minimum atomic E-state index is -0.275. The van der Waals surface area contributed by atoms with Gasteiger partial charge in [0.25, 0.3) is 5.56 Å². The van der Waals surface area contributed by atoms with E-state index in [0.29, 0.717) is 16.0 Å². The molecule has 3 aromatic heterocycles. The van der Waals surface area contributed by atoms with Gasteiger partial charge in [-0.1, -0.05) is 29.8 Å². The van der Waals surface area contributed by atoms with Crippen LogP contribution in [0.4, 0.5) is 0 Å². The van der Waals surface area contributed by atoms with Crippen LogP contribution in [-0.4, -0.2) is 15.5 Å². The Morgan fingerprint density at radius 1 is 1.21 bits per heavy atom. The van der Waals surface area contributed by atoms with E-state index in [-0.39, 0.29) is 24.6 Å². The molecule has 0 bridgehead atoms. The molecule has 1 N–H and O–H groups in total.